The lowest BCUT2D eigenvalue weighted by Gasteiger charge is -2.36. The third-order valence-corrected chi connectivity index (χ3v) is 3.34. The second kappa shape index (κ2) is 6.42. The van der Waals surface area contributed by atoms with E-state index in [2.05, 4.69) is 31.9 Å². The van der Waals surface area contributed by atoms with E-state index in [1.54, 1.807) is 0 Å². The highest BCUT2D eigenvalue weighted by atomic mass is 79.9. The molecule has 90 valence electrons. The minimum atomic E-state index is 0. The van der Waals surface area contributed by atoms with Gasteiger partial charge in [-0.15, -0.1) is 12.4 Å². The highest BCUT2D eigenvalue weighted by Crippen LogP contribution is 2.23. The summed E-state index contributed by atoms with van der Waals surface area (Å²) in [6.07, 6.45) is 3.71. The first kappa shape index (κ1) is 13.7. The van der Waals surface area contributed by atoms with Gasteiger partial charge >= 0.3 is 0 Å². The summed E-state index contributed by atoms with van der Waals surface area (Å²) >= 11 is 3.40. The molecule has 2 heterocycles. The molecule has 0 aromatic carbocycles. The molecular weight excluding hydrogens is 289 g/mol. The molecule has 1 aromatic rings. The molecule has 0 radical (unpaired) electrons. The summed E-state index contributed by atoms with van der Waals surface area (Å²) in [5, 5.41) is 0. The van der Waals surface area contributed by atoms with Crippen LogP contribution in [0.5, 0.6) is 0 Å². The van der Waals surface area contributed by atoms with Gasteiger partial charge in [-0.25, -0.2) is 4.98 Å². The first-order chi connectivity index (χ1) is 7.31. The van der Waals surface area contributed by atoms with Crippen LogP contribution in [0.25, 0.3) is 0 Å². The maximum Gasteiger partial charge on any atom is 0.130 e. The number of piperidine rings is 1. The van der Waals surface area contributed by atoms with E-state index < -0.39 is 0 Å². The zero-order valence-corrected chi connectivity index (χ0v) is 11.5. The molecule has 0 amide bonds. The second-order valence-electron chi connectivity index (χ2n) is 3.90. The normalized spacial score (nSPS) is 20.4. The lowest BCUT2D eigenvalue weighted by Crippen LogP contribution is -2.44. The average molecular weight is 307 g/mol. The molecule has 1 aliphatic heterocycles. The van der Waals surface area contributed by atoms with Crippen LogP contribution in [0.3, 0.4) is 0 Å². The molecule has 2 rings (SSSR count). The molecular formula is C11H17BrClN3. The number of pyridine rings is 1. The number of nitrogens with two attached hydrogens (primary N) is 1. The van der Waals surface area contributed by atoms with Crippen molar-refractivity contribution >= 4 is 34.2 Å². The highest BCUT2D eigenvalue weighted by molar-refractivity contribution is 9.10. The van der Waals surface area contributed by atoms with Crippen LogP contribution in [0.2, 0.25) is 0 Å². The molecule has 0 aliphatic carbocycles. The van der Waals surface area contributed by atoms with E-state index in [4.69, 9.17) is 5.73 Å². The Bertz CT molecular complexity index is 335. The van der Waals surface area contributed by atoms with E-state index in [-0.39, 0.29) is 12.4 Å². The smallest absolute Gasteiger partial charge is 0.130 e. The number of hydrogen-bond donors (Lipinski definition) is 1. The fraction of sp³-hybridized carbons (Fsp3) is 0.545. The zero-order chi connectivity index (χ0) is 10.7. The van der Waals surface area contributed by atoms with E-state index >= 15 is 0 Å². The van der Waals surface area contributed by atoms with E-state index in [0.29, 0.717) is 12.6 Å². The van der Waals surface area contributed by atoms with Crippen molar-refractivity contribution in [2.75, 3.05) is 18.0 Å². The average Bonchev–Trinajstić information content (AvgIpc) is 2.29. The fourth-order valence-electron chi connectivity index (χ4n) is 2.10. The lowest BCUT2D eigenvalue weighted by atomic mass is 10.0. The molecule has 1 aliphatic rings. The summed E-state index contributed by atoms with van der Waals surface area (Å²) in [6, 6.07) is 6.48. The van der Waals surface area contributed by atoms with Gasteiger partial charge in [0.1, 0.15) is 10.4 Å². The fourth-order valence-corrected chi connectivity index (χ4v) is 2.44. The van der Waals surface area contributed by atoms with Gasteiger partial charge in [0.15, 0.2) is 0 Å². The van der Waals surface area contributed by atoms with Crippen LogP contribution in [-0.4, -0.2) is 24.1 Å². The van der Waals surface area contributed by atoms with Crippen LogP contribution in [0.1, 0.15) is 19.3 Å². The third-order valence-electron chi connectivity index (χ3n) is 2.89. The standard InChI is InChI=1S/C11H16BrN3.ClH/c12-10-5-3-6-11(14-10)15-7-2-1-4-9(15)8-13;/h3,5-6,9H,1-2,4,7-8,13H2;1H. The molecule has 1 aromatic heterocycles. The SMILES string of the molecule is Cl.NCC1CCCCN1c1cccc(Br)n1. The van der Waals surface area contributed by atoms with E-state index in [0.717, 1.165) is 17.0 Å². The summed E-state index contributed by atoms with van der Waals surface area (Å²) in [7, 11) is 0. The van der Waals surface area contributed by atoms with Crippen molar-refractivity contribution in [3.8, 4) is 0 Å². The van der Waals surface area contributed by atoms with Crippen LogP contribution < -0.4 is 10.6 Å². The number of halogens is 2. The Balaban J connectivity index is 0.00000128. The summed E-state index contributed by atoms with van der Waals surface area (Å²) in [6.45, 7) is 1.79. The van der Waals surface area contributed by atoms with Gasteiger partial charge in [-0.2, -0.15) is 0 Å². The van der Waals surface area contributed by atoms with Crippen LogP contribution in [0.4, 0.5) is 5.82 Å². The van der Waals surface area contributed by atoms with Crippen LogP contribution in [-0.2, 0) is 0 Å². The van der Waals surface area contributed by atoms with Gasteiger partial charge in [0, 0.05) is 19.1 Å². The molecule has 1 unspecified atom stereocenters. The monoisotopic (exact) mass is 305 g/mol. The largest absolute Gasteiger partial charge is 0.352 e. The number of rotatable bonds is 2. The van der Waals surface area contributed by atoms with Crippen molar-refractivity contribution in [3.63, 3.8) is 0 Å². The Kier molecular flexibility index (Phi) is 5.52. The van der Waals surface area contributed by atoms with Gasteiger partial charge < -0.3 is 10.6 Å². The van der Waals surface area contributed by atoms with Gasteiger partial charge in [-0.3, -0.25) is 0 Å². The Morgan fingerprint density at radius 3 is 2.94 bits per heavy atom. The zero-order valence-electron chi connectivity index (χ0n) is 9.10. The van der Waals surface area contributed by atoms with Crippen LogP contribution in [0, 0.1) is 0 Å². The van der Waals surface area contributed by atoms with Crippen molar-refractivity contribution in [1.82, 2.24) is 4.98 Å². The molecule has 3 nitrogen and oxygen atoms in total. The van der Waals surface area contributed by atoms with Crippen LogP contribution in [0.15, 0.2) is 22.8 Å². The quantitative estimate of drug-likeness (QED) is 0.854. The minimum Gasteiger partial charge on any atom is -0.352 e. The topological polar surface area (TPSA) is 42.1 Å². The third kappa shape index (κ3) is 3.09. The van der Waals surface area contributed by atoms with E-state index in [1.807, 2.05) is 12.1 Å². The summed E-state index contributed by atoms with van der Waals surface area (Å²) in [5.74, 6) is 1.04. The van der Waals surface area contributed by atoms with Crippen molar-refractivity contribution < 1.29 is 0 Å². The molecule has 1 saturated heterocycles. The molecule has 1 fully saturated rings. The molecule has 1 atom stereocenters. The van der Waals surface area contributed by atoms with Crippen molar-refractivity contribution in [2.24, 2.45) is 5.73 Å². The highest BCUT2D eigenvalue weighted by Gasteiger charge is 2.21. The molecule has 0 spiro atoms. The predicted octanol–water partition coefficient (Wildman–Crippen LogP) is 2.58. The van der Waals surface area contributed by atoms with Gasteiger partial charge in [0.2, 0.25) is 0 Å². The molecule has 5 heteroatoms. The molecule has 16 heavy (non-hydrogen) atoms. The number of anilines is 1. The number of nitrogens with zero attached hydrogens (tertiary/aromatic N) is 2. The number of aromatic nitrogens is 1. The van der Waals surface area contributed by atoms with Crippen molar-refractivity contribution in [3.05, 3.63) is 22.8 Å². The Morgan fingerprint density at radius 1 is 1.44 bits per heavy atom. The Morgan fingerprint density at radius 2 is 2.25 bits per heavy atom. The number of hydrogen-bond acceptors (Lipinski definition) is 3. The lowest BCUT2D eigenvalue weighted by molar-refractivity contribution is 0.462. The van der Waals surface area contributed by atoms with E-state index in [1.165, 1.54) is 19.3 Å². The second-order valence-corrected chi connectivity index (χ2v) is 4.71. The maximum atomic E-state index is 5.79. The van der Waals surface area contributed by atoms with Gasteiger partial charge in [0.25, 0.3) is 0 Å². The minimum absolute atomic E-state index is 0. The first-order valence-corrected chi connectivity index (χ1v) is 6.20. The molecule has 2 N–H and O–H groups in total. The summed E-state index contributed by atoms with van der Waals surface area (Å²) < 4.78 is 0.890. The van der Waals surface area contributed by atoms with Gasteiger partial charge in [-0.05, 0) is 47.3 Å². The maximum absolute atomic E-state index is 5.79. The first-order valence-electron chi connectivity index (χ1n) is 5.40. The van der Waals surface area contributed by atoms with Gasteiger partial charge in [-0.1, -0.05) is 6.07 Å². The summed E-state index contributed by atoms with van der Waals surface area (Å²) in [5.41, 5.74) is 5.79. The summed E-state index contributed by atoms with van der Waals surface area (Å²) in [4.78, 5) is 6.81. The van der Waals surface area contributed by atoms with Gasteiger partial charge in [0.05, 0.1) is 0 Å². The van der Waals surface area contributed by atoms with Crippen LogP contribution >= 0.6 is 28.3 Å². The molecule has 0 bridgehead atoms. The van der Waals surface area contributed by atoms with E-state index in [9.17, 15) is 0 Å². The predicted molar refractivity (Wildman–Crippen MR) is 73.2 cm³/mol. The Hall–Kier alpha value is -0.320. The van der Waals surface area contributed by atoms with Crippen molar-refractivity contribution in [1.29, 1.82) is 0 Å². The Labute approximate surface area is 111 Å². The molecule has 0 saturated carbocycles. The van der Waals surface area contributed by atoms with Crippen molar-refractivity contribution in [2.45, 2.75) is 25.3 Å².